The van der Waals surface area contributed by atoms with Gasteiger partial charge in [-0.15, -0.1) is 0 Å². The normalized spacial score (nSPS) is 17.8. The van der Waals surface area contributed by atoms with Crippen LogP contribution in [0.25, 0.3) is 0 Å². The fraction of sp³-hybridized carbons (Fsp3) is 0.421. The average molecular weight is 436 g/mol. The topological polar surface area (TPSA) is 113 Å². The molecule has 0 spiro atoms. The summed E-state index contributed by atoms with van der Waals surface area (Å²) in [5.41, 5.74) is -1.67. The van der Waals surface area contributed by atoms with Gasteiger partial charge in [-0.2, -0.15) is 4.31 Å². The number of piperazine rings is 1. The fourth-order valence-corrected chi connectivity index (χ4v) is 5.32. The van der Waals surface area contributed by atoms with E-state index in [9.17, 15) is 27.2 Å². The van der Waals surface area contributed by atoms with Gasteiger partial charge in [-0.25, -0.2) is 17.6 Å². The molecule has 1 saturated heterocycles. The van der Waals surface area contributed by atoms with Crippen LogP contribution in [0.4, 0.5) is 4.39 Å². The summed E-state index contributed by atoms with van der Waals surface area (Å²) in [7, 11) is -3.32. The van der Waals surface area contributed by atoms with Crippen molar-refractivity contribution in [2.24, 2.45) is 0 Å². The number of nitrogens with one attached hydrogen (secondary N) is 1. The predicted octanol–water partition coefficient (Wildman–Crippen LogP) is -0.0260. The Morgan fingerprint density at radius 2 is 1.77 bits per heavy atom. The molecule has 11 heteroatoms. The van der Waals surface area contributed by atoms with E-state index in [1.165, 1.54) is 27.4 Å². The molecule has 1 aromatic heterocycles. The summed E-state index contributed by atoms with van der Waals surface area (Å²) in [4.78, 5) is 41.5. The van der Waals surface area contributed by atoms with Gasteiger partial charge in [0.2, 0.25) is 10.0 Å². The molecule has 2 aromatic rings. The molecule has 1 N–H and O–H groups in total. The van der Waals surface area contributed by atoms with Gasteiger partial charge in [0.25, 0.3) is 11.5 Å². The van der Waals surface area contributed by atoms with E-state index in [-0.39, 0.29) is 49.1 Å². The number of rotatable bonds is 5. The first-order valence-corrected chi connectivity index (χ1v) is 11.1. The average Bonchev–Trinajstić information content (AvgIpc) is 3.58. The molecule has 2 heterocycles. The highest BCUT2D eigenvalue weighted by Crippen LogP contribution is 2.31. The second kappa shape index (κ2) is 7.80. The molecule has 1 aliphatic carbocycles. The van der Waals surface area contributed by atoms with Crippen LogP contribution in [0.2, 0.25) is 0 Å². The van der Waals surface area contributed by atoms with E-state index in [0.717, 1.165) is 10.8 Å². The molecular weight excluding hydrogens is 415 g/mol. The summed E-state index contributed by atoms with van der Waals surface area (Å²) < 4.78 is 40.8. The first kappa shape index (κ1) is 20.5. The zero-order valence-corrected chi connectivity index (χ0v) is 16.9. The minimum Gasteiger partial charge on any atom is -0.336 e. The Morgan fingerprint density at radius 1 is 1.10 bits per heavy atom. The molecule has 0 bridgehead atoms. The molecule has 0 unspecified atom stereocenters. The highest BCUT2D eigenvalue weighted by molar-refractivity contribution is 7.90. The van der Waals surface area contributed by atoms with Gasteiger partial charge in [0.1, 0.15) is 11.4 Å². The third-order valence-corrected chi connectivity index (χ3v) is 7.81. The number of amides is 1. The van der Waals surface area contributed by atoms with E-state index >= 15 is 0 Å². The minimum atomic E-state index is -3.32. The highest BCUT2D eigenvalue weighted by Gasteiger charge is 2.41. The molecule has 0 atom stereocenters. The van der Waals surface area contributed by atoms with Gasteiger partial charge in [0.15, 0.2) is 0 Å². The van der Waals surface area contributed by atoms with Gasteiger partial charge in [0.05, 0.1) is 11.8 Å². The maximum atomic E-state index is 13.9. The zero-order valence-electron chi connectivity index (χ0n) is 16.1. The molecule has 160 valence electrons. The Bertz CT molecular complexity index is 1190. The number of H-pyrrole nitrogens is 1. The Hall–Kier alpha value is -2.79. The number of sulfonamides is 1. The lowest BCUT2D eigenvalue weighted by atomic mass is 10.2. The standard InChI is InChI=1S/C19H21FN4O5S/c20-16-4-2-1-3-13(16)12-24-18(26)15(11-21-19(24)27)17(25)22-7-9-23(10-8-22)30(28,29)14-5-6-14/h1-4,11,14H,5-10,12H2,(H,21,27). The van der Waals surface area contributed by atoms with Gasteiger partial charge >= 0.3 is 5.69 Å². The van der Waals surface area contributed by atoms with Crippen LogP contribution in [-0.2, 0) is 16.6 Å². The van der Waals surface area contributed by atoms with E-state index < -0.39 is 33.0 Å². The smallest absolute Gasteiger partial charge is 0.328 e. The SMILES string of the molecule is O=C(c1c[nH]c(=O)n(Cc2ccccc2F)c1=O)N1CCN(S(=O)(=O)C2CC2)CC1. The van der Waals surface area contributed by atoms with Crippen molar-refractivity contribution in [2.45, 2.75) is 24.6 Å². The lowest BCUT2D eigenvalue weighted by Gasteiger charge is -2.34. The molecule has 30 heavy (non-hydrogen) atoms. The Balaban J connectivity index is 1.53. The number of aromatic nitrogens is 2. The Labute approximate surface area is 171 Å². The monoisotopic (exact) mass is 436 g/mol. The van der Waals surface area contributed by atoms with E-state index in [4.69, 9.17) is 0 Å². The summed E-state index contributed by atoms with van der Waals surface area (Å²) in [6, 6.07) is 5.75. The zero-order chi connectivity index (χ0) is 21.5. The van der Waals surface area contributed by atoms with E-state index in [0.29, 0.717) is 12.8 Å². The van der Waals surface area contributed by atoms with Gasteiger partial charge in [0, 0.05) is 37.9 Å². The van der Waals surface area contributed by atoms with Gasteiger partial charge in [-0.1, -0.05) is 18.2 Å². The van der Waals surface area contributed by atoms with E-state index in [2.05, 4.69) is 4.98 Å². The van der Waals surface area contributed by atoms with Crippen molar-refractivity contribution < 1.29 is 17.6 Å². The summed E-state index contributed by atoms with van der Waals surface area (Å²) in [6.07, 6.45) is 2.39. The van der Waals surface area contributed by atoms with Crippen molar-refractivity contribution in [1.29, 1.82) is 0 Å². The minimum absolute atomic E-state index is 0.147. The third-order valence-electron chi connectivity index (χ3n) is 5.41. The summed E-state index contributed by atoms with van der Waals surface area (Å²) in [5.74, 6) is -1.16. The van der Waals surface area contributed by atoms with Crippen molar-refractivity contribution in [3.63, 3.8) is 0 Å². The number of hydrogen-bond donors (Lipinski definition) is 1. The van der Waals surface area contributed by atoms with Crippen LogP contribution in [0.3, 0.4) is 0 Å². The molecule has 1 amide bonds. The van der Waals surface area contributed by atoms with Crippen molar-refractivity contribution in [1.82, 2.24) is 18.8 Å². The molecule has 1 saturated carbocycles. The Morgan fingerprint density at radius 3 is 2.40 bits per heavy atom. The molecule has 1 aromatic carbocycles. The Kier molecular flexibility index (Phi) is 5.33. The van der Waals surface area contributed by atoms with Crippen molar-refractivity contribution in [2.75, 3.05) is 26.2 Å². The van der Waals surface area contributed by atoms with Gasteiger partial charge in [-0.05, 0) is 18.9 Å². The first-order valence-electron chi connectivity index (χ1n) is 9.63. The largest absolute Gasteiger partial charge is 0.336 e. The fourth-order valence-electron chi connectivity index (χ4n) is 3.50. The van der Waals surface area contributed by atoms with Crippen LogP contribution in [0.5, 0.6) is 0 Å². The molecular formula is C19H21FN4O5S. The van der Waals surface area contributed by atoms with Crippen LogP contribution < -0.4 is 11.2 Å². The lowest BCUT2D eigenvalue weighted by molar-refractivity contribution is 0.0694. The quantitative estimate of drug-likeness (QED) is 0.708. The number of carbonyl (C=O) groups excluding carboxylic acids is 1. The summed E-state index contributed by atoms with van der Waals surface area (Å²) in [5, 5.41) is -0.315. The van der Waals surface area contributed by atoms with Crippen LogP contribution >= 0.6 is 0 Å². The van der Waals surface area contributed by atoms with Crippen LogP contribution in [0.15, 0.2) is 40.1 Å². The maximum absolute atomic E-state index is 13.9. The van der Waals surface area contributed by atoms with E-state index in [1.54, 1.807) is 6.07 Å². The van der Waals surface area contributed by atoms with Gasteiger partial charge in [-0.3, -0.25) is 14.2 Å². The van der Waals surface area contributed by atoms with Crippen LogP contribution in [0.1, 0.15) is 28.8 Å². The summed E-state index contributed by atoms with van der Waals surface area (Å²) >= 11 is 0. The molecule has 2 aliphatic rings. The van der Waals surface area contributed by atoms with Crippen LogP contribution in [-0.4, -0.2) is 64.5 Å². The second-order valence-corrected chi connectivity index (χ2v) is 9.64. The molecule has 4 rings (SSSR count). The first-order chi connectivity index (χ1) is 14.3. The molecule has 2 fully saturated rings. The molecule has 0 radical (unpaired) electrons. The maximum Gasteiger partial charge on any atom is 0.328 e. The number of hydrogen-bond acceptors (Lipinski definition) is 5. The van der Waals surface area contributed by atoms with Crippen LogP contribution in [0, 0.1) is 5.82 Å². The van der Waals surface area contributed by atoms with Gasteiger partial charge < -0.3 is 9.88 Å². The highest BCUT2D eigenvalue weighted by atomic mass is 32.2. The third kappa shape index (κ3) is 3.82. The number of carbonyl (C=O) groups is 1. The van der Waals surface area contributed by atoms with Crippen molar-refractivity contribution in [3.8, 4) is 0 Å². The summed E-state index contributed by atoms with van der Waals surface area (Å²) in [6.45, 7) is 0.317. The number of nitrogens with zero attached hydrogens (tertiary/aromatic N) is 3. The molecule has 1 aliphatic heterocycles. The lowest BCUT2D eigenvalue weighted by Crippen LogP contribution is -2.52. The van der Waals surface area contributed by atoms with Crippen molar-refractivity contribution >= 4 is 15.9 Å². The molecule has 9 nitrogen and oxygen atoms in total. The van der Waals surface area contributed by atoms with Crippen molar-refractivity contribution in [3.05, 3.63) is 68.2 Å². The number of aromatic amines is 1. The number of halogens is 1. The predicted molar refractivity (Wildman–Crippen MR) is 106 cm³/mol. The van der Waals surface area contributed by atoms with E-state index in [1.807, 2.05) is 0 Å². The number of benzene rings is 1. The second-order valence-electron chi connectivity index (χ2n) is 7.43.